The van der Waals surface area contributed by atoms with Gasteiger partial charge in [0.1, 0.15) is 0 Å². The molecule has 0 aliphatic rings. The third-order valence-corrected chi connectivity index (χ3v) is 3.43. The summed E-state index contributed by atoms with van der Waals surface area (Å²) in [6.45, 7) is 7.18. The molecular formula is C16H21N3. The lowest BCUT2D eigenvalue weighted by molar-refractivity contribution is 0.553. The molecule has 2 aromatic rings. The van der Waals surface area contributed by atoms with E-state index in [0.29, 0.717) is 0 Å². The first-order chi connectivity index (χ1) is 9.22. The summed E-state index contributed by atoms with van der Waals surface area (Å²) >= 11 is 0. The zero-order valence-corrected chi connectivity index (χ0v) is 11.9. The molecule has 0 fully saturated rings. The molecule has 1 aromatic heterocycles. The van der Waals surface area contributed by atoms with Crippen molar-refractivity contribution in [2.24, 2.45) is 0 Å². The highest BCUT2D eigenvalue weighted by atomic mass is 14.9. The Morgan fingerprint density at radius 1 is 1.11 bits per heavy atom. The maximum Gasteiger partial charge on any atom is 0.0782 e. The minimum absolute atomic E-state index is 0.207. The fourth-order valence-corrected chi connectivity index (χ4v) is 2.28. The topological polar surface area (TPSA) is 37.8 Å². The summed E-state index contributed by atoms with van der Waals surface area (Å²) in [5.41, 5.74) is 4.78. The van der Waals surface area contributed by atoms with Crippen molar-refractivity contribution >= 4 is 0 Å². The lowest BCUT2D eigenvalue weighted by atomic mass is 10.0. The van der Waals surface area contributed by atoms with Gasteiger partial charge in [0, 0.05) is 25.0 Å². The number of nitrogens with one attached hydrogen (secondary N) is 1. The van der Waals surface area contributed by atoms with E-state index in [4.69, 9.17) is 0 Å². The van der Waals surface area contributed by atoms with E-state index in [0.717, 1.165) is 24.4 Å². The molecule has 0 aliphatic carbocycles. The van der Waals surface area contributed by atoms with E-state index < -0.39 is 0 Å². The number of benzene rings is 1. The second kappa shape index (κ2) is 6.43. The van der Waals surface area contributed by atoms with E-state index >= 15 is 0 Å². The van der Waals surface area contributed by atoms with Crippen LogP contribution in [0.25, 0.3) is 0 Å². The van der Waals surface area contributed by atoms with Crippen LogP contribution in [-0.4, -0.2) is 9.97 Å². The minimum atomic E-state index is 0.207. The Bertz CT molecular complexity index is 537. The van der Waals surface area contributed by atoms with Crippen LogP contribution in [0.1, 0.15) is 42.4 Å². The van der Waals surface area contributed by atoms with E-state index in [1.54, 1.807) is 12.4 Å². The largest absolute Gasteiger partial charge is 0.305 e. The Labute approximate surface area is 115 Å². The van der Waals surface area contributed by atoms with Crippen molar-refractivity contribution in [3.05, 3.63) is 59.2 Å². The van der Waals surface area contributed by atoms with Gasteiger partial charge in [0.2, 0.25) is 0 Å². The summed E-state index contributed by atoms with van der Waals surface area (Å²) in [5, 5.41) is 3.53. The van der Waals surface area contributed by atoms with E-state index in [-0.39, 0.29) is 6.04 Å². The van der Waals surface area contributed by atoms with Crippen LogP contribution < -0.4 is 5.32 Å². The van der Waals surface area contributed by atoms with Crippen molar-refractivity contribution in [1.82, 2.24) is 15.3 Å². The van der Waals surface area contributed by atoms with Crippen molar-refractivity contribution < 1.29 is 0 Å². The average Bonchev–Trinajstić information content (AvgIpc) is 2.45. The van der Waals surface area contributed by atoms with Gasteiger partial charge in [-0.15, -0.1) is 0 Å². The van der Waals surface area contributed by atoms with Gasteiger partial charge in [-0.25, -0.2) is 0 Å². The zero-order chi connectivity index (χ0) is 13.7. The van der Waals surface area contributed by atoms with Crippen LogP contribution in [0.3, 0.4) is 0 Å². The molecule has 1 atom stereocenters. The van der Waals surface area contributed by atoms with Gasteiger partial charge >= 0.3 is 0 Å². The first kappa shape index (κ1) is 13.7. The zero-order valence-electron chi connectivity index (χ0n) is 11.9. The molecule has 0 spiro atoms. The van der Waals surface area contributed by atoms with Crippen molar-refractivity contribution in [2.45, 2.75) is 39.8 Å². The summed E-state index contributed by atoms with van der Waals surface area (Å²) in [6, 6.07) is 8.77. The highest BCUT2D eigenvalue weighted by Crippen LogP contribution is 2.14. The molecule has 0 amide bonds. The van der Waals surface area contributed by atoms with Crippen molar-refractivity contribution in [3.63, 3.8) is 0 Å². The second-order valence-corrected chi connectivity index (χ2v) is 4.75. The predicted octanol–water partition coefficient (Wildman–Crippen LogP) is 3.20. The van der Waals surface area contributed by atoms with E-state index in [1.807, 2.05) is 6.92 Å². The van der Waals surface area contributed by atoms with E-state index in [9.17, 15) is 0 Å². The van der Waals surface area contributed by atoms with Crippen molar-refractivity contribution in [2.75, 3.05) is 0 Å². The molecule has 2 rings (SSSR count). The third-order valence-electron chi connectivity index (χ3n) is 3.43. The molecule has 1 N–H and O–H groups in total. The van der Waals surface area contributed by atoms with Gasteiger partial charge in [-0.3, -0.25) is 9.97 Å². The van der Waals surface area contributed by atoms with Gasteiger partial charge in [-0.05, 0) is 31.4 Å². The Morgan fingerprint density at radius 3 is 2.47 bits per heavy atom. The van der Waals surface area contributed by atoms with Gasteiger partial charge < -0.3 is 5.32 Å². The smallest absolute Gasteiger partial charge is 0.0782 e. The minimum Gasteiger partial charge on any atom is -0.305 e. The Kier molecular flexibility index (Phi) is 4.63. The van der Waals surface area contributed by atoms with Crippen LogP contribution in [0.5, 0.6) is 0 Å². The van der Waals surface area contributed by atoms with E-state index in [1.165, 1.54) is 11.1 Å². The maximum atomic E-state index is 4.41. The highest BCUT2D eigenvalue weighted by molar-refractivity contribution is 5.27. The molecule has 3 heteroatoms. The molecular weight excluding hydrogens is 234 g/mol. The van der Waals surface area contributed by atoms with Crippen LogP contribution in [0.4, 0.5) is 0 Å². The Morgan fingerprint density at radius 2 is 1.79 bits per heavy atom. The lowest BCUT2D eigenvalue weighted by Crippen LogP contribution is -2.21. The lowest BCUT2D eigenvalue weighted by Gasteiger charge is -2.16. The monoisotopic (exact) mass is 255 g/mol. The third kappa shape index (κ3) is 3.38. The van der Waals surface area contributed by atoms with Crippen LogP contribution in [0, 0.1) is 6.92 Å². The molecule has 0 aliphatic heterocycles. The number of hydrogen-bond donors (Lipinski definition) is 1. The van der Waals surface area contributed by atoms with Gasteiger partial charge in [-0.1, -0.05) is 31.2 Å². The van der Waals surface area contributed by atoms with Gasteiger partial charge in [0.25, 0.3) is 0 Å². The molecule has 1 aromatic carbocycles. The standard InChI is InChI=1S/C16H21N3/c1-4-14-7-5-6-8-15(14)11-19-13(3)16-12(2)17-9-10-18-16/h5-10,13,19H,4,11H2,1-3H3. The summed E-state index contributed by atoms with van der Waals surface area (Å²) in [4.78, 5) is 8.69. The molecule has 0 bridgehead atoms. The van der Waals surface area contributed by atoms with Gasteiger partial charge in [0.05, 0.1) is 11.4 Å². The second-order valence-electron chi connectivity index (χ2n) is 4.75. The first-order valence-electron chi connectivity index (χ1n) is 6.80. The number of aryl methyl sites for hydroxylation is 2. The van der Waals surface area contributed by atoms with Crippen molar-refractivity contribution in [1.29, 1.82) is 0 Å². The van der Waals surface area contributed by atoms with Crippen LogP contribution in [0.15, 0.2) is 36.7 Å². The fourth-order valence-electron chi connectivity index (χ4n) is 2.28. The molecule has 0 saturated carbocycles. The summed E-state index contributed by atoms with van der Waals surface area (Å²) in [7, 11) is 0. The SMILES string of the molecule is CCc1ccccc1CNC(C)c1nccnc1C. The normalized spacial score (nSPS) is 12.4. The molecule has 100 valence electrons. The van der Waals surface area contributed by atoms with Gasteiger partial charge in [-0.2, -0.15) is 0 Å². The first-order valence-corrected chi connectivity index (χ1v) is 6.80. The molecule has 19 heavy (non-hydrogen) atoms. The number of rotatable bonds is 5. The number of aromatic nitrogens is 2. The van der Waals surface area contributed by atoms with Crippen LogP contribution in [0.2, 0.25) is 0 Å². The van der Waals surface area contributed by atoms with E-state index in [2.05, 4.69) is 53.4 Å². The van der Waals surface area contributed by atoms with Crippen LogP contribution in [-0.2, 0) is 13.0 Å². The molecule has 0 saturated heterocycles. The number of hydrogen-bond acceptors (Lipinski definition) is 3. The molecule has 1 heterocycles. The average molecular weight is 255 g/mol. The van der Waals surface area contributed by atoms with Gasteiger partial charge in [0.15, 0.2) is 0 Å². The fraction of sp³-hybridized carbons (Fsp3) is 0.375. The predicted molar refractivity (Wildman–Crippen MR) is 77.8 cm³/mol. The summed E-state index contributed by atoms with van der Waals surface area (Å²) < 4.78 is 0. The molecule has 1 unspecified atom stereocenters. The number of nitrogens with zero attached hydrogens (tertiary/aromatic N) is 2. The summed E-state index contributed by atoms with van der Waals surface area (Å²) in [5.74, 6) is 0. The Hall–Kier alpha value is -1.74. The van der Waals surface area contributed by atoms with Crippen molar-refractivity contribution in [3.8, 4) is 0 Å². The molecule has 0 radical (unpaired) electrons. The summed E-state index contributed by atoms with van der Waals surface area (Å²) in [6.07, 6.45) is 4.55. The maximum absolute atomic E-state index is 4.41. The Balaban J connectivity index is 2.04. The highest BCUT2D eigenvalue weighted by Gasteiger charge is 2.10. The molecule has 3 nitrogen and oxygen atoms in total. The van der Waals surface area contributed by atoms with Crippen LogP contribution >= 0.6 is 0 Å². The quantitative estimate of drug-likeness (QED) is 0.891.